The van der Waals surface area contributed by atoms with Crippen LogP contribution in [0, 0.1) is 0 Å². The standard InChI is InChI=1S/C15H16N4/c16-11-3-5-12(6-4-11)19-15-8-10-2-1-7-18-14(10)9-13(15)17/h3-6,8-9H,1-2,7,16-17H2/b19-15-. The molecule has 0 atom stereocenters. The molecule has 2 aliphatic rings. The van der Waals surface area contributed by atoms with Crippen LogP contribution in [0.5, 0.6) is 0 Å². The number of nitrogen functional groups attached to an aromatic ring is 1. The molecule has 0 saturated heterocycles. The summed E-state index contributed by atoms with van der Waals surface area (Å²) in [6.45, 7) is 0.890. The molecule has 96 valence electrons. The molecule has 0 unspecified atom stereocenters. The van der Waals surface area contributed by atoms with E-state index in [1.165, 1.54) is 5.57 Å². The van der Waals surface area contributed by atoms with E-state index in [4.69, 9.17) is 11.5 Å². The second kappa shape index (κ2) is 4.72. The molecule has 0 bridgehead atoms. The molecule has 0 saturated carbocycles. The predicted molar refractivity (Wildman–Crippen MR) is 79.8 cm³/mol. The summed E-state index contributed by atoms with van der Waals surface area (Å²) in [7, 11) is 0. The highest BCUT2D eigenvalue weighted by Gasteiger charge is 2.17. The van der Waals surface area contributed by atoms with Crippen LogP contribution in [0.3, 0.4) is 0 Å². The topological polar surface area (TPSA) is 76.8 Å². The van der Waals surface area contributed by atoms with Crippen molar-refractivity contribution in [2.45, 2.75) is 12.8 Å². The van der Waals surface area contributed by atoms with Gasteiger partial charge in [0, 0.05) is 12.2 Å². The monoisotopic (exact) mass is 252 g/mol. The first-order chi connectivity index (χ1) is 9.22. The van der Waals surface area contributed by atoms with Gasteiger partial charge in [0.15, 0.2) is 0 Å². The zero-order valence-electron chi connectivity index (χ0n) is 10.6. The number of hydrogen-bond donors (Lipinski definition) is 2. The van der Waals surface area contributed by atoms with Gasteiger partial charge >= 0.3 is 0 Å². The molecule has 0 aromatic heterocycles. The Balaban J connectivity index is 1.97. The number of nitrogens with zero attached hydrogens (tertiary/aromatic N) is 2. The van der Waals surface area contributed by atoms with E-state index in [1.54, 1.807) is 0 Å². The van der Waals surface area contributed by atoms with Crippen LogP contribution in [0.25, 0.3) is 0 Å². The minimum absolute atomic E-state index is 0.668. The predicted octanol–water partition coefficient (Wildman–Crippen LogP) is 2.36. The maximum absolute atomic E-state index is 6.04. The molecular weight excluding hydrogens is 236 g/mol. The van der Waals surface area contributed by atoms with Gasteiger partial charge in [-0.15, -0.1) is 0 Å². The number of hydrogen-bond acceptors (Lipinski definition) is 4. The summed E-state index contributed by atoms with van der Waals surface area (Å²) in [4.78, 5) is 9.04. The second-order valence-electron chi connectivity index (χ2n) is 4.73. The molecule has 0 amide bonds. The minimum atomic E-state index is 0.668. The Kier molecular flexibility index (Phi) is 2.91. The first-order valence-electron chi connectivity index (χ1n) is 6.39. The van der Waals surface area contributed by atoms with Crippen LogP contribution in [-0.4, -0.2) is 18.0 Å². The fourth-order valence-electron chi connectivity index (χ4n) is 2.24. The summed E-state index contributed by atoms with van der Waals surface area (Å²) < 4.78 is 0. The molecule has 0 fully saturated rings. The van der Waals surface area contributed by atoms with E-state index in [1.807, 2.05) is 36.4 Å². The molecule has 19 heavy (non-hydrogen) atoms. The van der Waals surface area contributed by atoms with Crippen molar-refractivity contribution >= 4 is 22.8 Å². The fraction of sp³-hybridized carbons (Fsp3) is 0.200. The SMILES string of the molecule is NC1=CC2=NCCCC2=C/C1=N/c1ccc(N)cc1. The number of nitrogens with two attached hydrogens (primary N) is 2. The Morgan fingerprint density at radius 1 is 1.05 bits per heavy atom. The van der Waals surface area contributed by atoms with E-state index in [-0.39, 0.29) is 0 Å². The highest BCUT2D eigenvalue weighted by Crippen LogP contribution is 2.22. The Bertz CT molecular complexity index is 618. The molecule has 0 radical (unpaired) electrons. The fourth-order valence-corrected chi connectivity index (χ4v) is 2.24. The van der Waals surface area contributed by atoms with Gasteiger partial charge in [-0.1, -0.05) is 0 Å². The highest BCUT2D eigenvalue weighted by molar-refractivity contribution is 6.24. The van der Waals surface area contributed by atoms with Gasteiger partial charge in [-0.25, -0.2) is 4.99 Å². The van der Waals surface area contributed by atoms with Gasteiger partial charge in [-0.3, -0.25) is 4.99 Å². The Hall–Kier alpha value is -2.36. The number of allylic oxidation sites excluding steroid dienone is 3. The molecule has 1 aromatic rings. The largest absolute Gasteiger partial charge is 0.399 e. The van der Waals surface area contributed by atoms with Crippen molar-refractivity contribution in [3.63, 3.8) is 0 Å². The lowest BCUT2D eigenvalue weighted by Gasteiger charge is -2.18. The Morgan fingerprint density at radius 3 is 2.63 bits per heavy atom. The van der Waals surface area contributed by atoms with Crippen LogP contribution in [0.1, 0.15) is 12.8 Å². The first kappa shape index (κ1) is 11.7. The van der Waals surface area contributed by atoms with Gasteiger partial charge in [-0.05, 0) is 54.8 Å². The molecule has 4 nitrogen and oxygen atoms in total. The van der Waals surface area contributed by atoms with Crippen molar-refractivity contribution in [2.75, 3.05) is 12.3 Å². The normalized spacial score (nSPS) is 20.4. The van der Waals surface area contributed by atoms with Crippen molar-refractivity contribution < 1.29 is 0 Å². The molecular formula is C15H16N4. The van der Waals surface area contributed by atoms with E-state index in [0.717, 1.165) is 42.2 Å². The zero-order chi connectivity index (χ0) is 13.2. The summed E-state index contributed by atoms with van der Waals surface area (Å²) in [5.41, 5.74) is 17.0. The van der Waals surface area contributed by atoms with E-state index < -0.39 is 0 Å². The number of benzene rings is 1. The summed E-state index contributed by atoms with van der Waals surface area (Å²) >= 11 is 0. The van der Waals surface area contributed by atoms with Crippen LogP contribution in [0.15, 0.2) is 57.7 Å². The Morgan fingerprint density at radius 2 is 1.84 bits per heavy atom. The number of anilines is 1. The molecule has 1 heterocycles. The summed E-state index contributed by atoms with van der Waals surface area (Å²) in [6.07, 6.45) is 6.11. The van der Waals surface area contributed by atoms with E-state index in [0.29, 0.717) is 5.70 Å². The smallest absolute Gasteiger partial charge is 0.0870 e. The van der Waals surface area contributed by atoms with Crippen molar-refractivity contribution in [1.82, 2.24) is 0 Å². The van der Waals surface area contributed by atoms with Gasteiger partial charge in [0.05, 0.1) is 22.8 Å². The average molecular weight is 252 g/mol. The van der Waals surface area contributed by atoms with Crippen molar-refractivity contribution in [3.05, 3.63) is 47.7 Å². The van der Waals surface area contributed by atoms with Crippen LogP contribution in [-0.2, 0) is 0 Å². The molecule has 3 rings (SSSR count). The van der Waals surface area contributed by atoms with E-state index in [2.05, 4.69) is 9.98 Å². The highest BCUT2D eigenvalue weighted by atomic mass is 14.8. The quantitative estimate of drug-likeness (QED) is 0.594. The van der Waals surface area contributed by atoms with E-state index >= 15 is 0 Å². The lowest BCUT2D eigenvalue weighted by molar-refractivity contribution is 0.816. The van der Waals surface area contributed by atoms with Crippen molar-refractivity contribution in [3.8, 4) is 0 Å². The van der Waals surface area contributed by atoms with Gasteiger partial charge in [0.1, 0.15) is 0 Å². The Labute approximate surface area is 112 Å². The van der Waals surface area contributed by atoms with Crippen LogP contribution < -0.4 is 11.5 Å². The van der Waals surface area contributed by atoms with Crippen LogP contribution in [0.4, 0.5) is 11.4 Å². The van der Waals surface area contributed by atoms with Crippen LogP contribution >= 0.6 is 0 Å². The third kappa shape index (κ3) is 2.42. The number of fused-ring (bicyclic) bond motifs is 1. The van der Waals surface area contributed by atoms with Crippen molar-refractivity contribution in [1.29, 1.82) is 0 Å². The molecule has 4 N–H and O–H groups in total. The molecule has 1 aliphatic carbocycles. The second-order valence-corrected chi connectivity index (χ2v) is 4.73. The number of aliphatic imine (C=N–C) groups is 2. The minimum Gasteiger partial charge on any atom is -0.399 e. The summed E-state index contributed by atoms with van der Waals surface area (Å²) in [5, 5.41) is 0. The lowest BCUT2D eigenvalue weighted by atomic mass is 9.94. The van der Waals surface area contributed by atoms with Crippen LogP contribution in [0.2, 0.25) is 0 Å². The average Bonchev–Trinajstić information content (AvgIpc) is 2.42. The third-order valence-corrected chi connectivity index (χ3v) is 3.26. The third-order valence-electron chi connectivity index (χ3n) is 3.26. The summed E-state index contributed by atoms with van der Waals surface area (Å²) in [6, 6.07) is 7.45. The molecule has 1 aliphatic heterocycles. The first-order valence-corrected chi connectivity index (χ1v) is 6.39. The van der Waals surface area contributed by atoms with Gasteiger partial charge in [-0.2, -0.15) is 0 Å². The van der Waals surface area contributed by atoms with E-state index in [9.17, 15) is 0 Å². The molecule has 4 heteroatoms. The number of rotatable bonds is 1. The maximum atomic E-state index is 6.04. The van der Waals surface area contributed by atoms with Crippen molar-refractivity contribution in [2.24, 2.45) is 15.7 Å². The molecule has 0 spiro atoms. The lowest BCUT2D eigenvalue weighted by Crippen LogP contribution is -2.21. The molecule has 1 aromatic carbocycles. The van der Waals surface area contributed by atoms with Gasteiger partial charge < -0.3 is 11.5 Å². The zero-order valence-corrected chi connectivity index (χ0v) is 10.6. The maximum Gasteiger partial charge on any atom is 0.0870 e. The van der Waals surface area contributed by atoms with Gasteiger partial charge in [0.2, 0.25) is 0 Å². The summed E-state index contributed by atoms with van der Waals surface area (Å²) in [5.74, 6) is 0. The van der Waals surface area contributed by atoms with Gasteiger partial charge in [0.25, 0.3) is 0 Å².